The van der Waals surface area contributed by atoms with Crippen molar-refractivity contribution in [3.8, 4) is 0 Å². The smallest absolute Gasteiger partial charge is 0.242 e. The van der Waals surface area contributed by atoms with E-state index in [0.717, 1.165) is 24.1 Å². The fourth-order valence-electron chi connectivity index (χ4n) is 3.89. The zero-order chi connectivity index (χ0) is 22.8. The molecule has 0 spiro atoms. The van der Waals surface area contributed by atoms with Crippen LogP contribution in [0.3, 0.4) is 0 Å². The molecule has 0 saturated heterocycles. The fraction of sp³-hybridized carbons (Fsp3) is 0.538. The van der Waals surface area contributed by atoms with Gasteiger partial charge in [0.25, 0.3) is 0 Å². The lowest BCUT2D eigenvalue weighted by Crippen LogP contribution is -2.46. The summed E-state index contributed by atoms with van der Waals surface area (Å²) in [7, 11) is 2.00. The molecule has 0 bridgehead atoms. The molecule has 2 rings (SSSR count). The third-order valence-corrected chi connectivity index (χ3v) is 5.67. The maximum Gasteiger partial charge on any atom is 0.242 e. The summed E-state index contributed by atoms with van der Waals surface area (Å²) < 4.78 is 2.05. The van der Waals surface area contributed by atoms with Crippen LogP contribution in [-0.4, -0.2) is 45.8 Å². The van der Waals surface area contributed by atoms with Crippen LogP contribution in [0.2, 0.25) is 0 Å². The van der Waals surface area contributed by atoms with Gasteiger partial charge in [0.05, 0.1) is 19.0 Å². The maximum absolute atomic E-state index is 13.5. The van der Waals surface area contributed by atoms with Gasteiger partial charge < -0.3 is 14.4 Å². The number of unbranched alkanes of at least 4 members (excludes halogenated alkanes) is 1. The predicted molar refractivity (Wildman–Crippen MR) is 127 cm³/mol. The van der Waals surface area contributed by atoms with Gasteiger partial charge in [-0.25, -0.2) is 0 Å². The van der Waals surface area contributed by atoms with Crippen LogP contribution in [-0.2, 0) is 23.2 Å². The van der Waals surface area contributed by atoms with Crippen molar-refractivity contribution >= 4 is 11.8 Å². The van der Waals surface area contributed by atoms with Gasteiger partial charge in [0.1, 0.15) is 0 Å². The topological polar surface area (TPSA) is 45.6 Å². The molecule has 1 heterocycles. The average molecular weight is 426 g/mol. The van der Waals surface area contributed by atoms with Crippen molar-refractivity contribution in [1.82, 2.24) is 14.4 Å². The van der Waals surface area contributed by atoms with E-state index < -0.39 is 0 Å². The van der Waals surface area contributed by atoms with E-state index in [1.54, 1.807) is 4.90 Å². The summed E-state index contributed by atoms with van der Waals surface area (Å²) in [6.07, 6.45) is 4.69. The van der Waals surface area contributed by atoms with Gasteiger partial charge in [0.2, 0.25) is 11.8 Å². The second kappa shape index (κ2) is 12.3. The van der Waals surface area contributed by atoms with Crippen molar-refractivity contribution in [2.75, 3.05) is 19.6 Å². The first kappa shape index (κ1) is 24.7. The molecule has 1 aromatic heterocycles. The van der Waals surface area contributed by atoms with Crippen LogP contribution in [0.15, 0.2) is 48.7 Å². The number of aryl methyl sites for hydroxylation is 1. The highest BCUT2D eigenvalue weighted by molar-refractivity contribution is 5.88. The lowest BCUT2D eigenvalue weighted by atomic mass is 9.94. The third-order valence-electron chi connectivity index (χ3n) is 5.67. The fourth-order valence-corrected chi connectivity index (χ4v) is 3.89. The summed E-state index contributed by atoms with van der Waals surface area (Å²) in [5, 5.41) is 0. The van der Waals surface area contributed by atoms with Crippen LogP contribution in [0, 0.1) is 5.92 Å². The second-order valence-electron chi connectivity index (χ2n) is 8.76. The molecule has 2 amide bonds. The minimum atomic E-state index is -0.218. The average Bonchev–Trinajstić information content (AvgIpc) is 3.15. The Morgan fingerprint density at radius 3 is 2.26 bits per heavy atom. The Labute approximate surface area is 188 Å². The molecular formula is C26H39N3O2. The molecule has 1 aromatic carbocycles. The third kappa shape index (κ3) is 7.27. The van der Waals surface area contributed by atoms with E-state index in [0.29, 0.717) is 32.0 Å². The summed E-state index contributed by atoms with van der Waals surface area (Å²) in [6, 6.07) is 14.0. The van der Waals surface area contributed by atoms with Gasteiger partial charge in [-0.3, -0.25) is 9.59 Å². The first-order valence-electron chi connectivity index (χ1n) is 11.6. The predicted octanol–water partition coefficient (Wildman–Crippen LogP) is 4.83. The number of hydrogen-bond donors (Lipinski definition) is 0. The maximum atomic E-state index is 13.5. The summed E-state index contributed by atoms with van der Waals surface area (Å²) in [6.45, 7) is 10.3. The van der Waals surface area contributed by atoms with E-state index in [9.17, 15) is 9.59 Å². The van der Waals surface area contributed by atoms with Crippen LogP contribution < -0.4 is 0 Å². The summed E-state index contributed by atoms with van der Waals surface area (Å²) in [4.78, 5) is 30.5. The number of hydrogen-bond acceptors (Lipinski definition) is 2. The Kier molecular flexibility index (Phi) is 9.83. The zero-order valence-corrected chi connectivity index (χ0v) is 19.9. The van der Waals surface area contributed by atoms with E-state index in [4.69, 9.17) is 0 Å². The van der Waals surface area contributed by atoms with E-state index >= 15 is 0 Å². The lowest BCUT2D eigenvalue weighted by molar-refractivity contribution is -0.142. The molecule has 170 valence electrons. The van der Waals surface area contributed by atoms with E-state index in [1.807, 2.05) is 72.1 Å². The van der Waals surface area contributed by atoms with Crippen LogP contribution in [0.4, 0.5) is 0 Å². The molecule has 1 atom stereocenters. The van der Waals surface area contributed by atoms with Crippen LogP contribution >= 0.6 is 0 Å². The number of rotatable bonds is 12. The molecule has 5 heteroatoms. The Morgan fingerprint density at radius 1 is 1.00 bits per heavy atom. The van der Waals surface area contributed by atoms with Crippen LogP contribution in [0.5, 0.6) is 0 Å². The summed E-state index contributed by atoms with van der Waals surface area (Å²) >= 11 is 0. The van der Waals surface area contributed by atoms with Gasteiger partial charge in [-0.05, 0) is 36.5 Å². The molecule has 0 aliphatic heterocycles. The van der Waals surface area contributed by atoms with Crippen molar-refractivity contribution in [3.05, 3.63) is 59.9 Å². The number of carbonyl (C=O) groups excluding carboxylic acids is 2. The standard InChI is InChI=1S/C26H39N3O2/c1-6-8-17-28(19-23-15-12-16-27(23)5)25(30)20-29(18-21(3)4)26(31)24(7-2)22-13-10-9-11-14-22/h9-16,21,24H,6-8,17-20H2,1-5H3. The Hall–Kier alpha value is -2.56. The Bertz CT molecular complexity index is 813. The molecule has 5 nitrogen and oxygen atoms in total. The van der Waals surface area contributed by atoms with Gasteiger partial charge in [0.15, 0.2) is 0 Å². The van der Waals surface area contributed by atoms with Crippen molar-refractivity contribution in [1.29, 1.82) is 0 Å². The van der Waals surface area contributed by atoms with Crippen molar-refractivity contribution in [2.24, 2.45) is 13.0 Å². The van der Waals surface area contributed by atoms with Gasteiger partial charge in [-0.15, -0.1) is 0 Å². The highest BCUT2D eigenvalue weighted by Gasteiger charge is 2.28. The Balaban J connectivity index is 2.20. The SMILES string of the molecule is CCCCN(Cc1cccn1C)C(=O)CN(CC(C)C)C(=O)C(CC)c1ccccc1. The first-order valence-corrected chi connectivity index (χ1v) is 11.6. The molecule has 0 radical (unpaired) electrons. The minimum absolute atomic E-state index is 0.0200. The molecule has 31 heavy (non-hydrogen) atoms. The molecular weight excluding hydrogens is 386 g/mol. The summed E-state index contributed by atoms with van der Waals surface area (Å²) in [5.74, 6) is 0.142. The monoisotopic (exact) mass is 425 g/mol. The highest BCUT2D eigenvalue weighted by atomic mass is 16.2. The molecule has 0 saturated carbocycles. The highest BCUT2D eigenvalue weighted by Crippen LogP contribution is 2.23. The number of nitrogens with zero attached hydrogens (tertiary/aromatic N) is 3. The molecule has 1 unspecified atom stereocenters. The van der Waals surface area contributed by atoms with E-state index in [2.05, 4.69) is 20.8 Å². The molecule has 0 fully saturated rings. The number of benzene rings is 1. The number of amides is 2. The molecule has 2 aromatic rings. The van der Waals surface area contributed by atoms with Crippen molar-refractivity contribution in [2.45, 2.75) is 59.4 Å². The van der Waals surface area contributed by atoms with Crippen LogP contribution in [0.1, 0.15) is 64.1 Å². The number of carbonyl (C=O) groups is 2. The molecule has 0 aliphatic rings. The first-order chi connectivity index (χ1) is 14.9. The zero-order valence-electron chi connectivity index (χ0n) is 19.9. The minimum Gasteiger partial charge on any atom is -0.353 e. The van der Waals surface area contributed by atoms with Gasteiger partial charge >= 0.3 is 0 Å². The van der Waals surface area contributed by atoms with Gasteiger partial charge in [0, 0.05) is 32.0 Å². The number of aromatic nitrogens is 1. The van der Waals surface area contributed by atoms with Crippen molar-refractivity contribution in [3.63, 3.8) is 0 Å². The van der Waals surface area contributed by atoms with E-state index in [-0.39, 0.29) is 24.3 Å². The normalized spacial score (nSPS) is 12.1. The van der Waals surface area contributed by atoms with Gasteiger partial charge in [-0.2, -0.15) is 0 Å². The summed E-state index contributed by atoms with van der Waals surface area (Å²) in [5.41, 5.74) is 2.12. The second-order valence-corrected chi connectivity index (χ2v) is 8.76. The molecule has 0 aliphatic carbocycles. The largest absolute Gasteiger partial charge is 0.353 e. The molecule has 0 N–H and O–H groups in total. The van der Waals surface area contributed by atoms with Gasteiger partial charge in [-0.1, -0.05) is 64.4 Å². The van der Waals surface area contributed by atoms with Crippen LogP contribution in [0.25, 0.3) is 0 Å². The quantitative estimate of drug-likeness (QED) is 0.489. The van der Waals surface area contributed by atoms with E-state index in [1.165, 1.54) is 0 Å². The van der Waals surface area contributed by atoms with Crippen molar-refractivity contribution < 1.29 is 9.59 Å². The Morgan fingerprint density at radius 2 is 1.71 bits per heavy atom. The lowest BCUT2D eigenvalue weighted by Gasteiger charge is -2.31.